The summed E-state index contributed by atoms with van der Waals surface area (Å²) >= 11 is 6.09. The van der Waals surface area contributed by atoms with Gasteiger partial charge in [0.1, 0.15) is 0 Å². The van der Waals surface area contributed by atoms with E-state index < -0.39 is 10.9 Å². The van der Waals surface area contributed by atoms with E-state index in [9.17, 15) is 19.7 Å². The Labute approximate surface area is 188 Å². The van der Waals surface area contributed by atoms with Gasteiger partial charge in [-0.15, -0.1) is 0 Å². The SMILES string of the molecule is CCCC(=O)Oc1ccc(C=C2N=C(c3ccc([N+](=O)[O-])cc3Cl)OC2=O)cc1OCC. The number of ether oxygens (including phenoxy) is 3. The van der Waals surface area contributed by atoms with Gasteiger partial charge < -0.3 is 14.2 Å². The van der Waals surface area contributed by atoms with Crippen molar-refractivity contribution in [2.24, 2.45) is 4.99 Å². The minimum absolute atomic E-state index is 0.00703. The first-order chi connectivity index (χ1) is 15.3. The standard InChI is InChI=1S/C22H19ClN2O7/c1-3-5-20(26)31-18-9-6-13(11-19(18)30-4-2)10-17-22(27)32-21(24-17)15-8-7-14(25(28)29)12-16(15)23/h6-12H,3-5H2,1-2H3. The molecular formula is C22H19ClN2O7. The van der Waals surface area contributed by atoms with Gasteiger partial charge in [-0.25, -0.2) is 9.79 Å². The summed E-state index contributed by atoms with van der Waals surface area (Å²) in [5.41, 5.74) is 0.632. The Morgan fingerprint density at radius 3 is 2.66 bits per heavy atom. The molecule has 1 heterocycles. The molecule has 0 spiro atoms. The van der Waals surface area contributed by atoms with Crippen molar-refractivity contribution in [2.75, 3.05) is 6.61 Å². The van der Waals surface area contributed by atoms with E-state index in [2.05, 4.69) is 4.99 Å². The van der Waals surface area contributed by atoms with Crippen LogP contribution in [0.25, 0.3) is 6.08 Å². The van der Waals surface area contributed by atoms with Crippen molar-refractivity contribution in [3.63, 3.8) is 0 Å². The van der Waals surface area contributed by atoms with Crippen molar-refractivity contribution in [2.45, 2.75) is 26.7 Å². The zero-order valence-corrected chi connectivity index (χ0v) is 18.0. The maximum absolute atomic E-state index is 12.3. The molecule has 0 aromatic heterocycles. The molecule has 2 aromatic rings. The lowest BCUT2D eigenvalue weighted by molar-refractivity contribution is -0.384. The number of carbonyl (C=O) groups is 2. The largest absolute Gasteiger partial charge is 0.490 e. The minimum Gasteiger partial charge on any atom is -0.490 e. The molecule has 10 heteroatoms. The van der Waals surface area contributed by atoms with Gasteiger partial charge in [0.2, 0.25) is 5.90 Å². The van der Waals surface area contributed by atoms with E-state index in [0.29, 0.717) is 24.3 Å². The molecule has 9 nitrogen and oxygen atoms in total. The summed E-state index contributed by atoms with van der Waals surface area (Å²) < 4.78 is 16.1. The summed E-state index contributed by atoms with van der Waals surface area (Å²) in [5, 5.41) is 10.9. The molecule has 0 unspecified atom stereocenters. The lowest BCUT2D eigenvalue weighted by Gasteiger charge is -2.11. The van der Waals surface area contributed by atoms with Gasteiger partial charge in [-0.3, -0.25) is 14.9 Å². The minimum atomic E-state index is -0.703. The Bertz CT molecular complexity index is 1140. The average molecular weight is 459 g/mol. The van der Waals surface area contributed by atoms with Gasteiger partial charge in [-0.05, 0) is 43.2 Å². The predicted molar refractivity (Wildman–Crippen MR) is 117 cm³/mol. The van der Waals surface area contributed by atoms with Crippen LogP contribution in [0.5, 0.6) is 11.5 Å². The number of non-ortho nitro benzene ring substituents is 1. The number of hydrogen-bond donors (Lipinski definition) is 0. The highest BCUT2D eigenvalue weighted by Crippen LogP contribution is 2.31. The van der Waals surface area contributed by atoms with Gasteiger partial charge in [0.15, 0.2) is 17.2 Å². The van der Waals surface area contributed by atoms with E-state index >= 15 is 0 Å². The molecule has 0 amide bonds. The Balaban J connectivity index is 1.89. The second-order valence-corrected chi connectivity index (χ2v) is 7.03. The third-order valence-electron chi connectivity index (χ3n) is 4.26. The van der Waals surface area contributed by atoms with E-state index in [1.807, 2.05) is 6.92 Å². The van der Waals surface area contributed by atoms with Gasteiger partial charge in [-0.2, -0.15) is 0 Å². The van der Waals surface area contributed by atoms with Crippen molar-refractivity contribution in [3.8, 4) is 11.5 Å². The van der Waals surface area contributed by atoms with Crippen LogP contribution < -0.4 is 9.47 Å². The first-order valence-corrected chi connectivity index (χ1v) is 10.1. The molecule has 166 valence electrons. The number of nitro benzene ring substituents is 1. The molecule has 2 aromatic carbocycles. The smallest absolute Gasteiger partial charge is 0.363 e. The second kappa shape index (κ2) is 10.1. The fraction of sp³-hybridized carbons (Fsp3) is 0.227. The Kier molecular flexibility index (Phi) is 7.21. The fourth-order valence-electron chi connectivity index (χ4n) is 2.82. The van der Waals surface area contributed by atoms with Crippen LogP contribution in [-0.2, 0) is 14.3 Å². The first-order valence-electron chi connectivity index (χ1n) is 9.76. The van der Waals surface area contributed by atoms with Crippen molar-refractivity contribution >= 4 is 41.2 Å². The molecule has 0 saturated carbocycles. The highest BCUT2D eigenvalue weighted by Gasteiger charge is 2.26. The molecule has 0 bridgehead atoms. The quantitative estimate of drug-likeness (QED) is 0.185. The summed E-state index contributed by atoms with van der Waals surface area (Å²) in [7, 11) is 0. The number of esters is 2. The Morgan fingerprint density at radius 1 is 1.22 bits per heavy atom. The summed E-state index contributed by atoms with van der Waals surface area (Å²) in [5.74, 6) is -0.501. The van der Waals surface area contributed by atoms with Crippen LogP contribution in [0.15, 0.2) is 47.1 Å². The van der Waals surface area contributed by atoms with Gasteiger partial charge in [0.25, 0.3) is 5.69 Å². The molecule has 3 rings (SSSR count). The van der Waals surface area contributed by atoms with Gasteiger partial charge >= 0.3 is 11.9 Å². The zero-order chi connectivity index (χ0) is 23.3. The van der Waals surface area contributed by atoms with E-state index in [0.717, 1.165) is 6.07 Å². The van der Waals surface area contributed by atoms with Crippen LogP contribution in [0.4, 0.5) is 5.69 Å². The molecule has 0 saturated heterocycles. The van der Waals surface area contributed by atoms with E-state index in [-0.39, 0.29) is 46.0 Å². The van der Waals surface area contributed by atoms with Crippen LogP contribution in [0, 0.1) is 10.1 Å². The maximum Gasteiger partial charge on any atom is 0.363 e. The molecule has 0 radical (unpaired) electrons. The molecule has 1 aliphatic rings. The molecule has 0 atom stereocenters. The Hall–Kier alpha value is -3.72. The molecule has 0 N–H and O–H groups in total. The third-order valence-corrected chi connectivity index (χ3v) is 4.58. The molecule has 0 fully saturated rings. The van der Waals surface area contributed by atoms with Crippen LogP contribution in [0.3, 0.4) is 0 Å². The predicted octanol–water partition coefficient (Wildman–Crippen LogP) is 4.70. The van der Waals surface area contributed by atoms with Crippen LogP contribution in [-0.4, -0.2) is 29.4 Å². The van der Waals surface area contributed by atoms with Crippen LogP contribution in [0.1, 0.15) is 37.8 Å². The number of hydrogen-bond acceptors (Lipinski definition) is 8. The third kappa shape index (κ3) is 5.30. The lowest BCUT2D eigenvalue weighted by atomic mass is 10.1. The average Bonchev–Trinajstić information content (AvgIpc) is 3.10. The van der Waals surface area contributed by atoms with Gasteiger partial charge in [-0.1, -0.05) is 24.6 Å². The maximum atomic E-state index is 12.3. The number of halogens is 1. The summed E-state index contributed by atoms with van der Waals surface area (Å²) in [6.45, 7) is 4.02. The number of benzene rings is 2. The Morgan fingerprint density at radius 2 is 2.00 bits per heavy atom. The van der Waals surface area contributed by atoms with Crippen molar-refractivity contribution in [1.29, 1.82) is 0 Å². The van der Waals surface area contributed by atoms with E-state index in [4.69, 9.17) is 25.8 Å². The summed E-state index contributed by atoms with van der Waals surface area (Å²) in [4.78, 5) is 38.6. The highest BCUT2D eigenvalue weighted by atomic mass is 35.5. The normalized spacial score (nSPS) is 14.2. The van der Waals surface area contributed by atoms with Gasteiger partial charge in [0, 0.05) is 18.6 Å². The van der Waals surface area contributed by atoms with Crippen molar-refractivity contribution in [3.05, 3.63) is 68.4 Å². The zero-order valence-electron chi connectivity index (χ0n) is 17.3. The van der Waals surface area contributed by atoms with Crippen LogP contribution in [0.2, 0.25) is 5.02 Å². The number of nitro groups is 1. The van der Waals surface area contributed by atoms with Crippen LogP contribution >= 0.6 is 11.6 Å². The van der Waals surface area contributed by atoms with Crippen molar-refractivity contribution < 1.29 is 28.7 Å². The molecular weight excluding hydrogens is 440 g/mol. The lowest BCUT2D eigenvalue weighted by Crippen LogP contribution is -2.08. The number of nitrogens with zero attached hydrogens (tertiary/aromatic N) is 2. The summed E-state index contributed by atoms with van der Waals surface area (Å²) in [6.07, 6.45) is 2.43. The monoisotopic (exact) mass is 458 g/mol. The second-order valence-electron chi connectivity index (χ2n) is 6.62. The van der Waals surface area contributed by atoms with Crippen molar-refractivity contribution in [1.82, 2.24) is 0 Å². The number of aliphatic imine (C=N–C) groups is 1. The molecule has 32 heavy (non-hydrogen) atoms. The fourth-order valence-corrected chi connectivity index (χ4v) is 3.07. The number of carbonyl (C=O) groups excluding carboxylic acids is 2. The number of rotatable bonds is 8. The van der Waals surface area contributed by atoms with E-state index in [1.54, 1.807) is 25.1 Å². The van der Waals surface area contributed by atoms with E-state index in [1.165, 1.54) is 18.2 Å². The first kappa shape index (κ1) is 23.0. The summed E-state index contributed by atoms with van der Waals surface area (Å²) in [6, 6.07) is 8.59. The highest BCUT2D eigenvalue weighted by molar-refractivity contribution is 6.34. The van der Waals surface area contributed by atoms with Gasteiger partial charge in [0.05, 0.1) is 22.1 Å². The number of cyclic esters (lactones) is 1. The topological polar surface area (TPSA) is 117 Å². The molecule has 1 aliphatic heterocycles. The molecule has 0 aliphatic carbocycles.